The number of rotatable bonds is 6. The van der Waals surface area contributed by atoms with Gasteiger partial charge in [-0.3, -0.25) is 9.69 Å². The molecule has 2 aromatic rings. The molecule has 0 aliphatic carbocycles. The van der Waals surface area contributed by atoms with Crippen molar-refractivity contribution in [2.75, 3.05) is 39.9 Å². The number of piperazine rings is 1. The molecule has 1 saturated heterocycles. The van der Waals surface area contributed by atoms with Crippen LogP contribution in [0.15, 0.2) is 36.4 Å². The summed E-state index contributed by atoms with van der Waals surface area (Å²) in [7, 11) is 1.56. The van der Waals surface area contributed by atoms with E-state index in [0.717, 1.165) is 30.2 Å². The van der Waals surface area contributed by atoms with E-state index in [9.17, 15) is 4.79 Å². The zero-order chi connectivity index (χ0) is 18.5. The van der Waals surface area contributed by atoms with E-state index in [0.29, 0.717) is 13.1 Å². The molecule has 1 aromatic heterocycles. The third kappa shape index (κ3) is 4.84. The smallest absolute Gasteiger partial charge is 0.241 e. The molecule has 3 rings (SSSR count). The topological polar surface area (TPSA) is 58.8 Å². The van der Waals surface area contributed by atoms with Crippen molar-refractivity contribution in [3.63, 3.8) is 0 Å². The molecule has 1 aliphatic heterocycles. The molecule has 0 bridgehead atoms. The first-order chi connectivity index (χ1) is 12.6. The van der Waals surface area contributed by atoms with Crippen LogP contribution in [0.4, 0.5) is 0 Å². The summed E-state index contributed by atoms with van der Waals surface area (Å²) in [6.07, 6.45) is 0. The highest BCUT2D eigenvalue weighted by molar-refractivity contribution is 7.15. The average Bonchev–Trinajstić information content (AvgIpc) is 3.10. The van der Waals surface area contributed by atoms with Crippen molar-refractivity contribution in [1.29, 1.82) is 0 Å². The molecule has 2 N–H and O–H groups in total. The molecule has 1 aromatic carbocycles. The standard InChI is InChI=1S/C19H24ClN3O2S/c1-25-13-17(21)19(24)23-9-7-22(8-10-23)12-16-5-6-18(26-16)14-3-2-4-15(20)11-14/h2-6,11,17H,7-10,12-13,21H2,1H3. The van der Waals surface area contributed by atoms with Crippen LogP contribution in [0.2, 0.25) is 5.02 Å². The lowest BCUT2D eigenvalue weighted by Crippen LogP contribution is -2.53. The van der Waals surface area contributed by atoms with Crippen molar-refractivity contribution >= 4 is 28.8 Å². The quantitative estimate of drug-likeness (QED) is 0.819. The van der Waals surface area contributed by atoms with Gasteiger partial charge in [-0.2, -0.15) is 0 Å². The van der Waals surface area contributed by atoms with Crippen LogP contribution in [0.3, 0.4) is 0 Å². The molecule has 1 amide bonds. The van der Waals surface area contributed by atoms with E-state index in [2.05, 4.69) is 23.1 Å². The highest BCUT2D eigenvalue weighted by Gasteiger charge is 2.25. The van der Waals surface area contributed by atoms with Gasteiger partial charge in [0.1, 0.15) is 6.04 Å². The molecule has 1 fully saturated rings. The molecular formula is C19H24ClN3O2S. The molecule has 1 aliphatic rings. The Balaban J connectivity index is 1.53. The molecule has 5 nitrogen and oxygen atoms in total. The Morgan fingerprint density at radius 3 is 2.73 bits per heavy atom. The number of carbonyl (C=O) groups is 1. The summed E-state index contributed by atoms with van der Waals surface area (Å²) < 4.78 is 4.97. The van der Waals surface area contributed by atoms with E-state index in [4.69, 9.17) is 22.1 Å². The Kier molecular flexibility index (Phi) is 6.67. The molecule has 0 saturated carbocycles. The van der Waals surface area contributed by atoms with Gasteiger partial charge < -0.3 is 15.4 Å². The molecule has 0 spiro atoms. The van der Waals surface area contributed by atoms with Crippen LogP contribution < -0.4 is 5.73 Å². The van der Waals surface area contributed by atoms with E-state index in [1.54, 1.807) is 18.4 Å². The average molecular weight is 394 g/mol. The largest absolute Gasteiger partial charge is 0.383 e. The molecule has 26 heavy (non-hydrogen) atoms. The van der Waals surface area contributed by atoms with Gasteiger partial charge in [-0.25, -0.2) is 0 Å². The number of nitrogens with zero attached hydrogens (tertiary/aromatic N) is 2. The number of hydrogen-bond donors (Lipinski definition) is 1. The lowest BCUT2D eigenvalue weighted by Gasteiger charge is -2.35. The predicted molar refractivity (Wildman–Crippen MR) is 106 cm³/mol. The second-order valence-electron chi connectivity index (χ2n) is 6.44. The first-order valence-electron chi connectivity index (χ1n) is 8.67. The predicted octanol–water partition coefficient (Wildman–Crippen LogP) is 2.69. The number of halogens is 1. The molecule has 7 heteroatoms. The fourth-order valence-electron chi connectivity index (χ4n) is 3.09. The summed E-state index contributed by atoms with van der Waals surface area (Å²) in [5.74, 6) is -0.0223. The van der Waals surface area contributed by atoms with Gasteiger partial charge in [0.25, 0.3) is 0 Å². The lowest BCUT2D eigenvalue weighted by atomic mass is 10.2. The minimum atomic E-state index is -0.566. The van der Waals surface area contributed by atoms with Gasteiger partial charge in [0.15, 0.2) is 0 Å². The van der Waals surface area contributed by atoms with Crippen LogP contribution in [-0.2, 0) is 16.1 Å². The van der Waals surface area contributed by atoms with Crippen LogP contribution in [-0.4, -0.2) is 61.6 Å². The number of carbonyl (C=O) groups excluding carboxylic acids is 1. The summed E-state index contributed by atoms with van der Waals surface area (Å²) in [6, 6.07) is 11.7. The van der Waals surface area contributed by atoms with Crippen LogP contribution in [0.5, 0.6) is 0 Å². The van der Waals surface area contributed by atoms with Crippen LogP contribution >= 0.6 is 22.9 Å². The third-order valence-electron chi connectivity index (χ3n) is 4.50. The van der Waals surface area contributed by atoms with E-state index in [-0.39, 0.29) is 12.5 Å². The zero-order valence-corrected chi connectivity index (χ0v) is 16.4. The summed E-state index contributed by atoms with van der Waals surface area (Å²) in [5, 5.41) is 0.755. The molecular weight excluding hydrogens is 370 g/mol. The number of hydrogen-bond acceptors (Lipinski definition) is 5. The first-order valence-corrected chi connectivity index (χ1v) is 9.86. The molecule has 0 radical (unpaired) electrons. The molecule has 2 heterocycles. The van der Waals surface area contributed by atoms with Gasteiger partial charge in [0.2, 0.25) is 5.91 Å². The van der Waals surface area contributed by atoms with Crippen molar-refractivity contribution in [3.05, 3.63) is 46.3 Å². The monoisotopic (exact) mass is 393 g/mol. The second kappa shape index (κ2) is 8.97. The fourth-order valence-corrected chi connectivity index (χ4v) is 4.33. The normalized spacial score (nSPS) is 16.7. The number of methoxy groups -OCH3 is 1. The third-order valence-corrected chi connectivity index (χ3v) is 5.85. The Morgan fingerprint density at radius 2 is 2.04 bits per heavy atom. The maximum Gasteiger partial charge on any atom is 0.241 e. The van der Waals surface area contributed by atoms with Crippen molar-refractivity contribution in [1.82, 2.24) is 9.80 Å². The molecule has 140 valence electrons. The summed E-state index contributed by atoms with van der Waals surface area (Å²) in [6.45, 7) is 4.30. The van der Waals surface area contributed by atoms with E-state index >= 15 is 0 Å². The van der Waals surface area contributed by atoms with Crippen LogP contribution in [0.1, 0.15) is 4.88 Å². The van der Waals surface area contributed by atoms with Crippen molar-refractivity contribution < 1.29 is 9.53 Å². The minimum absolute atomic E-state index is 0.0223. The highest BCUT2D eigenvalue weighted by atomic mass is 35.5. The van der Waals surface area contributed by atoms with Gasteiger partial charge >= 0.3 is 0 Å². The SMILES string of the molecule is COCC(N)C(=O)N1CCN(Cc2ccc(-c3cccc(Cl)c3)s2)CC1. The maximum absolute atomic E-state index is 12.2. The summed E-state index contributed by atoms with van der Waals surface area (Å²) in [4.78, 5) is 19.0. The Hall–Kier alpha value is -1.44. The summed E-state index contributed by atoms with van der Waals surface area (Å²) in [5.41, 5.74) is 7.00. The van der Waals surface area contributed by atoms with Gasteiger partial charge in [-0.15, -0.1) is 11.3 Å². The van der Waals surface area contributed by atoms with Gasteiger partial charge in [-0.05, 0) is 29.8 Å². The fraction of sp³-hybridized carbons (Fsp3) is 0.421. The first kappa shape index (κ1) is 19.3. The Bertz CT molecular complexity index is 744. The highest BCUT2D eigenvalue weighted by Crippen LogP contribution is 2.30. The molecule has 1 atom stereocenters. The van der Waals surface area contributed by atoms with E-state index in [1.807, 2.05) is 23.1 Å². The van der Waals surface area contributed by atoms with Crippen LogP contribution in [0.25, 0.3) is 10.4 Å². The van der Waals surface area contributed by atoms with Gasteiger partial charge in [0.05, 0.1) is 6.61 Å². The van der Waals surface area contributed by atoms with Crippen LogP contribution in [0, 0.1) is 0 Å². The number of amides is 1. The van der Waals surface area contributed by atoms with Crippen molar-refractivity contribution in [2.24, 2.45) is 5.73 Å². The van der Waals surface area contributed by atoms with E-state index in [1.165, 1.54) is 9.75 Å². The number of nitrogens with two attached hydrogens (primary N) is 1. The summed E-state index contributed by atoms with van der Waals surface area (Å²) >= 11 is 7.88. The molecule has 1 unspecified atom stereocenters. The van der Waals surface area contributed by atoms with Crippen molar-refractivity contribution in [3.8, 4) is 10.4 Å². The number of ether oxygens (including phenoxy) is 1. The van der Waals surface area contributed by atoms with Gasteiger partial charge in [0, 0.05) is 54.6 Å². The lowest BCUT2D eigenvalue weighted by molar-refractivity contribution is -0.135. The van der Waals surface area contributed by atoms with Gasteiger partial charge in [-0.1, -0.05) is 23.7 Å². The maximum atomic E-state index is 12.2. The minimum Gasteiger partial charge on any atom is -0.383 e. The van der Waals surface area contributed by atoms with Crippen molar-refractivity contribution in [2.45, 2.75) is 12.6 Å². The zero-order valence-electron chi connectivity index (χ0n) is 14.9. The van der Waals surface area contributed by atoms with E-state index < -0.39 is 6.04 Å². The number of benzene rings is 1. The Morgan fingerprint density at radius 1 is 1.27 bits per heavy atom. The number of thiophene rings is 1. The second-order valence-corrected chi connectivity index (χ2v) is 8.04. The Labute approximate surface area is 163 Å².